The predicted octanol–water partition coefficient (Wildman–Crippen LogP) is 0.423. The number of ether oxygens (including phenoxy) is 1. The zero-order chi connectivity index (χ0) is 17.9. The lowest BCUT2D eigenvalue weighted by atomic mass is 10.2. The fourth-order valence-corrected chi connectivity index (χ4v) is 2.71. The summed E-state index contributed by atoms with van der Waals surface area (Å²) in [6, 6.07) is 0.173. The molecule has 1 saturated heterocycles. The minimum atomic E-state index is 0.0490. The monoisotopic (exact) mass is 341 g/mol. The number of aliphatic imine (C=N–C) groups is 1. The normalized spacial score (nSPS) is 19.6. The number of hydrogen-bond acceptors (Lipinski definition) is 4. The van der Waals surface area contributed by atoms with E-state index in [4.69, 9.17) is 4.74 Å². The van der Waals surface area contributed by atoms with Crippen molar-refractivity contribution in [2.24, 2.45) is 10.9 Å². The van der Waals surface area contributed by atoms with Crippen LogP contribution in [0.25, 0.3) is 0 Å². The molecule has 0 aromatic carbocycles. The Balaban J connectivity index is 2.24. The lowest BCUT2D eigenvalue weighted by Crippen LogP contribution is -2.50. The van der Waals surface area contributed by atoms with E-state index in [9.17, 15) is 4.79 Å². The molecule has 140 valence electrons. The first-order chi connectivity index (χ1) is 11.4. The van der Waals surface area contributed by atoms with Gasteiger partial charge in [-0.1, -0.05) is 13.8 Å². The van der Waals surface area contributed by atoms with Gasteiger partial charge in [0.15, 0.2) is 5.96 Å². The molecule has 1 rings (SSSR count). The third-order valence-electron chi connectivity index (χ3n) is 3.66. The van der Waals surface area contributed by atoms with Gasteiger partial charge in [-0.05, 0) is 19.8 Å². The molecule has 0 aliphatic carbocycles. The number of guanidine groups is 1. The van der Waals surface area contributed by atoms with Gasteiger partial charge in [0.1, 0.15) is 0 Å². The Hall–Kier alpha value is -1.34. The molecule has 7 heteroatoms. The van der Waals surface area contributed by atoms with E-state index in [-0.39, 0.29) is 18.1 Å². The SMILES string of the molecule is CN=C(NCCC(=O)NC(C)C)NCC1CN(CC(C)C)CCO1. The van der Waals surface area contributed by atoms with Gasteiger partial charge in [-0.2, -0.15) is 0 Å². The number of rotatable bonds is 8. The third kappa shape index (κ3) is 9.08. The number of hydrogen-bond donors (Lipinski definition) is 3. The van der Waals surface area contributed by atoms with E-state index in [0.717, 1.165) is 26.2 Å². The smallest absolute Gasteiger partial charge is 0.221 e. The average molecular weight is 342 g/mol. The molecule has 1 unspecified atom stereocenters. The molecule has 0 spiro atoms. The third-order valence-corrected chi connectivity index (χ3v) is 3.66. The molecule has 1 heterocycles. The number of carbonyl (C=O) groups excluding carboxylic acids is 1. The molecular formula is C17H35N5O2. The van der Waals surface area contributed by atoms with Crippen LogP contribution in [0.2, 0.25) is 0 Å². The summed E-state index contributed by atoms with van der Waals surface area (Å²) in [6.45, 7) is 13.5. The van der Waals surface area contributed by atoms with Crippen molar-refractivity contribution in [1.82, 2.24) is 20.9 Å². The highest BCUT2D eigenvalue weighted by molar-refractivity contribution is 5.81. The molecule has 3 N–H and O–H groups in total. The van der Waals surface area contributed by atoms with Crippen molar-refractivity contribution in [2.75, 3.05) is 46.4 Å². The van der Waals surface area contributed by atoms with Crippen LogP contribution in [0.15, 0.2) is 4.99 Å². The molecule has 1 aliphatic rings. The number of nitrogens with one attached hydrogen (secondary N) is 3. The minimum Gasteiger partial charge on any atom is -0.374 e. The Kier molecular flexibility index (Phi) is 9.71. The van der Waals surface area contributed by atoms with Crippen LogP contribution in [0.3, 0.4) is 0 Å². The first-order valence-corrected chi connectivity index (χ1v) is 8.98. The summed E-state index contributed by atoms with van der Waals surface area (Å²) in [5.74, 6) is 1.42. The largest absolute Gasteiger partial charge is 0.374 e. The highest BCUT2D eigenvalue weighted by Crippen LogP contribution is 2.07. The van der Waals surface area contributed by atoms with Crippen LogP contribution in [-0.2, 0) is 9.53 Å². The maximum atomic E-state index is 11.6. The topological polar surface area (TPSA) is 78.0 Å². The predicted molar refractivity (Wildman–Crippen MR) is 98.3 cm³/mol. The number of carbonyl (C=O) groups is 1. The average Bonchev–Trinajstić information content (AvgIpc) is 2.49. The molecule has 1 atom stereocenters. The molecule has 1 aliphatic heterocycles. The second-order valence-electron chi connectivity index (χ2n) is 7.00. The summed E-state index contributed by atoms with van der Waals surface area (Å²) in [7, 11) is 1.73. The summed E-state index contributed by atoms with van der Waals surface area (Å²) < 4.78 is 5.82. The number of nitrogens with zero attached hydrogens (tertiary/aromatic N) is 2. The lowest BCUT2D eigenvalue weighted by molar-refractivity contribution is -0.121. The first kappa shape index (κ1) is 20.7. The fourth-order valence-electron chi connectivity index (χ4n) is 2.71. The van der Waals surface area contributed by atoms with Gasteiger partial charge in [0.2, 0.25) is 5.91 Å². The molecule has 7 nitrogen and oxygen atoms in total. The highest BCUT2D eigenvalue weighted by atomic mass is 16.5. The van der Waals surface area contributed by atoms with Gasteiger partial charge in [-0.3, -0.25) is 14.7 Å². The molecule has 1 amide bonds. The molecule has 0 bridgehead atoms. The van der Waals surface area contributed by atoms with Gasteiger partial charge in [0.25, 0.3) is 0 Å². The van der Waals surface area contributed by atoms with Crippen LogP contribution in [0.1, 0.15) is 34.1 Å². The molecular weight excluding hydrogens is 306 g/mol. The van der Waals surface area contributed by atoms with Crippen molar-refractivity contribution in [3.8, 4) is 0 Å². The Morgan fingerprint density at radius 3 is 2.67 bits per heavy atom. The van der Waals surface area contributed by atoms with E-state index in [1.807, 2.05) is 13.8 Å². The maximum absolute atomic E-state index is 11.6. The Bertz CT molecular complexity index is 398. The van der Waals surface area contributed by atoms with Crippen molar-refractivity contribution < 1.29 is 9.53 Å². The Labute approximate surface area is 146 Å². The van der Waals surface area contributed by atoms with Crippen molar-refractivity contribution in [2.45, 2.75) is 46.3 Å². The van der Waals surface area contributed by atoms with E-state index in [0.29, 0.717) is 31.4 Å². The van der Waals surface area contributed by atoms with Gasteiger partial charge >= 0.3 is 0 Å². The molecule has 1 fully saturated rings. The second-order valence-corrected chi connectivity index (χ2v) is 7.00. The van der Waals surface area contributed by atoms with Crippen LogP contribution < -0.4 is 16.0 Å². The van der Waals surface area contributed by atoms with Crippen LogP contribution >= 0.6 is 0 Å². The van der Waals surface area contributed by atoms with E-state index in [2.05, 4.69) is 39.7 Å². The molecule has 0 aromatic rings. The zero-order valence-corrected chi connectivity index (χ0v) is 15.9. The van der Waals surface area contributed by atoms with Crippen molar-refractivity contribution in [3.05, 3.63) is 0 Å². The van der Waals surface area contributed by atoms with Crippen molar-refractivity contribution in [3.63, 3.8) is 0 Å². The van der Waals surface area contributed by atoms with Crippen LogP contribution in [0.4, 0.5) is 0 Å². The van der Waals surface area contributed by atoms with Crippen LogP contribution in [0.5, 0.6) is 0 Å². The highest BCUT2D eigenvalue weighted by Gasteiger charge is 2.21. The molecule has 0 radical (unpaired) electrons. The van der Waals surface area contributed by atoms with Gasteiger partial charge in [-0.25, -0.2) is 0 Å². The molecule has 24 heavy (non-hydrogen) atoms. The second kappa shape index (κ2) is 11.3. The van der Waals surface area contributed by atoms with Gasteiger partial charge in [-0.15, -0.1) is 0 Å². The standard InChI is InChI=1S/C17H35N5O2/c1-13(2)11-22-8-9-24-15(12-22)10-20-17(18-5)19-7-6-16(23)21-14(3)4/h13-15H,6-12H2,1-5H3,(H,21,23)(H2,18,19,20). The fraction of sp³-hybridized carbons (Fsp3) is 0.882. The van der Waals surface area contributed by atoms with Gasteiger partial charge in [0, 0.05) is 52.2 Å². The summed E-state index contributed by atoms with van der Waals surface area (Å²) in [5, 5.41) is 9.32. The van der Waals surface area contributed by atoms with Gasteiger partial charge < -0.3 is 20.7 Å². The van der Waals surface area contributed by atoms with Gasteiger partial charge in [0.05, 0.1) is 12.7 Å². The quantitative estimate of drug-likeness (QED) is 0.441. The summed E-state index contributed by atoms with van der Waals surface area (Å²) in [4.78, 5) is 18.3. The summed E-state index contributed by atoms with van der Waals surface area (Å²) in [5.41, 5.74) is 0. The van der Waals surface area contributed by atoms with Crippen molar-refractivity contribution in [1.29, 1.82) is 0 Å². The van der Waals surface area contributed by atoms with E-state index < -0.39 is 0 Å². The lowest BCUT2D eigenvalue weighted by Gasteiger charge is -2.34. The van der Waals surface area contributed by atoms with Crippen molar-refractivity contribution >= 4 is 11.9 Å². The summed E-state index contributed by atoms with van der Waals surface area (Å²) >= 11 is 0. The van der Waals surface area contributed by atoms with E-state index in [1.165, 1.54) is 0 Å². The number of amides is 1. The molecule has 0 saturated carbocycles. The first-order valence-electron chi connectivity index (χ1n) is 8.98. The van der Waals surface area contributed by atoms with E-state index in [1.54, 1.807) is 7.05 Å². The minimum absolute atomic E-state index is 0.0490. The van der Waals surface area contributed by atoms with Crippen LogP contribution in [-0.4, -0.2) is 75.3 Å². The molecule has 0 aromatic heterocycles. The summed E-state index contributed by atoms with van der Waals surface area (Å²) in [6.07, 6.45) is 0.598. The number of morpholine rings is 1. The van der Waals surface area contributed by atoms with E-state index >= 15 is 0 Å². The maximum Gasteiger partial charge on any atom is 0.221 e. The zero-order valence-electron chi connectivity index (χ0n) is 15.9. The van der Waals surface area contributed by atoms with Crippen LogP contribution in [0, 0.1) is 5.92 Å². The Morgan fingerprint density at radius 1 is 1.29 bits per heavy atom. The Morgan fingerprint density at radius 2 is 2.04 bits per heavy atom.